The van der Waals surface area contributed by atoms with Crippen LogP contribution >= 0.6 is 15.9 Å². The van der Waals surface area contributed by atoms with Crippen LogP contribution in [0.5, 0.6) is 11.5 Å². The van der Waals surface area contributed by atoms with E-state index in [4.69, 9.17) is 4.74 Å². The lowest BCUT2D eigenvalue weighted by Gasteiger charge is -2.22. The van der Waals surface area contributed by atoms with E-state index in [-0.39, 0.29) is 5.75 Å². The minimum atomic E-state index is 0.182. The van der Waals surface area contributed by atoms with Crippen molar-refractivity contribution in [2.45, 2.75) is 26.4 Å². The Morgan fingerprint density at radius 2 is 2.10 bits per heavy atom. The van der Waals surface area contributed by atoms with E-state index < -0.39 is 0 Å². The Hall–Kier alpha value is -0.780. The van der Waals surface area contributed by atoms with E-state index in [2.05, 4.69) is 46.7 Å². The normalized spacial score (nSPS) is 23.0. The summed E-state index contributed by atoms with van der Waals surface area (Å²) in [5, 5.41) is 9.98. The summed E-state index contributed by atoms with van der Waals surface area (Å²) < 4.78 is 6.19. The number of phenols is 1. The maximum Gasteiger partial charge on any atom is 0.172 e. The van der Waals surface area contributed by atoms with Gasteiger partial charge in [0.1, 0.15) is 0 Å². The van der Waals surface area contributed by atoms with Crippen LogP contribution in [0, 0.1) is 5.92 Å². The van der Waals surface area contributed by atoms with Crippen LogP contribution in [0.2, 0.25) is 0 Å². The zero-order valence-corrected chi connectivity index (χ0v) is 14.9. The highest BCUT2D eigenvalue weighted by molar-refractivity contribution is 9.10. The van der Waals surface area contributed by atoms with E-state index >= 15 is 0 Å². The third-order valence-electron chi connectivity index (χ3n) is 4.11. The van der Waals surface area contributed by atoms with Crippen molar-refractivity contribution in [2.24, 2.45) is 5.92 Å². The van der Waals surface area contributed by atoms with Gasteiger partial charge in [0.2, 0.25) is 0 Å². The maximum absolute atomic E-state index is 9.98. The lowest BCUT2D eigenvalue weighted by molar-refractivity contribution is 0.250. The van der Waals surface area contributed by atoms with Crippen LogP contribution in [0.1, 0.15) is 19.4 Å². The Bertz CT molecular complexity index is 493. The summed E-state index contributed by atoms with van der Waals surface area (Å²) in [6.45, 7) is 7.84. The van der Waals surface area contributed by atoms with Crippen LogP contribution in [0.15, 0.2) is 16.6 Å². The highest BCUT2D eigenvalue weighted by Gasteiger charge is 2.30. The molecule has 1 heterocycles. The molecule has 1 aliphatic rings. The molecule has 0 amide bonds. The summed E-state index contributed by atoms with van der Waals surface area (Å²) in [7, 11) is 4.30. The molecular formula is C16H25BrN2O2. The number of hydrogen-bond donors (Lipinski definition) is 1. The second kappa shape index (κ2) is 6.99. The van der Waals surface area contributed by atoms with E-state index in [1.165, 1.54) is 0 Å². The first kappa shape index (κ1) is 16.6. The van der Waals surface area contributed by atoms with Crippen LogP contribution in [0.25, 0.3) is 0 Å². The third kappa shape index (κ3) is 3.90. The van der Waals surface area contributed by atoms with Crippen molar-refractivity contribution in [3.63, 3.8) is 0 Å². The Morgan fingerprint density at radius 3 is 2.67 bits per heavy atom. The summed E-state index contributed by atoms with van der Waals surface area (Å²) in [6, 6.07) is 4.53. The first-order chi connectivity index (χ1) is 9.92. The number of aromatic hydroxyl groups is 1. The lowest BCUT2D eigenvalue weighted by Crippen LogP contribution is -2.34. The number of nitrogens with zero attached hydrogens (tertiary/aromatic N) is 2. The highest BCUT2D eigenvalue weighted by atomic mass is 79.9. The third-order valence-corrected chi connectivity index (χ3v) is 4.71. The molecule has 0 aromatic heterocycles. The van der Waals surface area contributed by atoms with E-state index in [1.54, 1.807) is 0 Å². The molecule has 2 unspecified atom stereocenters. The number of rotatable bonds is 5. The molecule has 0 spiro atoms. The van der Waals surface area contributed by atoms with Crippen LogP contribution in [0.4, 0.5) is 0 Å². The average Bonchev–Trinajstić information content (AvgIpc) is 2.76. The fraction of sp³-hybridized carbons (Fsp3) is 0.625. The van der Waals surface area contributed by atoms with Crippen molar-refractivity contribution in [3.8, 4) is 11.5 Å². The largest absolute Gasteiger partial charge is 0.503 e. The predicted octanol–water partition coefficient (Wildman–Crippen LogP) is 2.94. The molecule has 0 aliphatic carbocycles. The van der Waals surface area contributed by atoms with Gasteiger partial charge in [0.15, 0.2) is 11.5 Å². The van der Waals surface area contributed by atoms with Crippen molar-refractivity contribution in [1.82, 2.24) is 9.80 Å². The fourth-order valence-electron chi connectivity index (χ4n) is 3.09. The highest BCUT2D eigenvalue weighted by Crippen LogP contribution is 2.36. The van der Waals surface area contributed by atoms with Gasteiger partial charge in [0.25, 0.3) is 0 Å². The number of phenolic OH excluding ortho intramolecular Hbond substituents is 1. The second-order valence-corrected chi connectivity index (χ2v) is 6.91. The number of likely N-dealkylation sites (N-methyl/N-ethyl adjacent to an activating group) is 1. The number of ether oxygens (including phenoxy) is 1. The van der Waals surface area contributed by atoms with Crippen LogP contribution in [-0.2, 0) is 6.54 Å². The molecule has 118 valence electrons. The minimum Gasteiger partial charge on any atom is -0.503 e. The molecule has 0 radical (unpaired) electrons. The molecule has 1 N–H and O–H groups in total. The minimum absolute atomic E-state index is 0.182. The fourth-order valence-corrected chi connectivity index (χ4v) is 3.58. The molecule has 2 rings (SSSR count). The Kier molecular flexibility index (Phi) is 5.52. The van der Waals surface area contributed by atoms with Gasteiger partial charge in [-0.2, -0.15) is 0 Å². The zero-order valence-electron chi connectivity index (χ0n) is 13.3. The maximum atomic E-state index is 9.98. The number of likely N-dealkylation sites (tertiary alicyclic amines) is 1. The van der Waals surface area contributed by atoms with Crippen molar-refractivity contribution in [1.29, 1.82) is 0 Å². The first-order valence-electron chi connectivity index (χ1n) is 7.45. The summed E-state index contributed by atoms with van der Waals surface area (Å²) in [6.07, 6.45) is 0. The van der Waals surface area contributed by atoms with Crippen molar-refractivity contribution in [3.05, 3.63) is 22.2 Å². The number of hydrogen-bond acceptors (Lipinski definition) is 4. The van der Waals surface area contributed by atoms with Crippen LogP contribution in [-0.4, -0.2) is 54.7 Å². The van der Waals surface area contributed by atoms with Gasteiger partial charge in [0, 0.05) is 25.7 Å². The molecular weight excluding hydrogens is 332 g/mol. The predicted molar refractivity (Wildman–Crippen MR) is 88.9 cm³/mol. The lowest BCUT2D eigenvalue weighted by atomic mass is 10.1. The molecule has 1 aromatic rings. The molecule has 4 nitrogen and oxygen atoms in total. The van der Waals surface area contributed by atoms with Gasteiger partial charge < -0.3 is 14.7 Å². The molecule has 1 fully saturated rings. The summed E-state index contributed by atoms with van der Waals surface area (Å²) in [5.41, 5.74) is 1.16. The molecule has 0 bridgehead atoms. The van der Waals surface area contributed by atoms with Gasteiger partial charge in [-0.25, -0.2) is 0 Å². The number of halogens is 1. The number of benzene rings is 1. The van der Waals surface area contributed by atoms with Crippen molar-refractivity contribution < 1.29 is 9.84 Å². The molecule has 1 aliphatic heterocycles. The monoisotopic (exact) mass is 356 g/mol. The zero-order chi connectivity index (χ0) is 15.6. The molecule has 21 heavy (non-hydrogen) atoms. The first-order valence-corrected chi connectivity index (χ1v) is 8.24. The second-order valence-electron chi connectivity index (χ2n) is 6.06. The summed E-state index contributed by atoms with van der Waals surface area (Å²) >= 11 is 3.41. The summed E-state index contributed by atoms with van der Waals surface area (Å²) in [5.74, 6) is 1.41. The van der Waals surface area contributed by atoms with Gasteiger partial charge in [-0.3, -0.25) is 4.90 Å². The Labute approximate surface area is 135 Å². The van der Waals surface area contributed by atoms with E-state index in [1.807, 2.05) is 19.1 Å². The van der Waals surface area contributed by atoms with E-state index in [9.17, 15) is 5.11 Å². The smallest absolute Gasteiger partial charge is 0.172 e. The molecule has 1 aromatic carbocycles. The average molecular weight is 357 g/mol. The molecule has 0 saturated carbocycles. The standard InChI is InChI=1S/C16H25BrN2O2/c1-5-21-15-7-12(6-13(17)16(15)20)9-19-8-11(2)14(10-19)18(3)4/h6-7,11,14,20H,5,8-10H2,1-4H3. The van der Waals surface area contributed by atoms with Crippen LogP contribution < -0.4 is 4.74 Å². The molecule has 5 heteroatoms. The van der Waals surface area contributed by atoms with Gasteiger partial charge >= 0.3 is 0 Å². The van der Waals surface area contributed by atoms with Gasteiger partial charge in [0.05, 0.1) is 11.1 Å². The summed E-state index contributed by atoms with van der Waals surface area (Å²) in [4.78, 5) is 4.77. The van der Waals surface area contributed by atoms with E-state index in [0.29, 0.717) is 28.8 Å². The SMILES string of the molecule is CCOc1cc(CN2CC(C)C(N(C)C)C2)cc(Br)c1O. The molecule has 1 saturated heterocycles. The van der Waals surface area contributed by atoms with Gasteiger partial charge in [-0.15, -0.1) is 0 Å². The van der Waals surface area contributed by atoms with E-state index in [0.717, 1.165) is 25.2 Å². The Morgan fingerprint density at radius 1 is 1.38 bits per heavy atom. The molecule has 2 atom stereocenters. The van der Waals surface area contributed by atoms with Gasteiger partial charge in [-0.05, 0) is 60.6 Å². The van der Waals surface area contributed by atoms with Crippen LogP contribution in [0.3, 0.4) is 0 Å². The van der Waals surface area contributed by atoms with Gasteiger partial charge in [-0.1, -0.05) is 6.92 Å². The van der Waals surface area contributed by atoms with Crippen molar-refractivity contribution in [2.75, 3.05) is 33.8 Å². The Balaban J connectivity index is 2.10. The van der Waals surface area contributed by atoms with Crippen molar-refractivity contribution >= 4 is 15.9 Å². The quantitative estimate of drug-likeness (QED) is 0.879. The topological polar surface area (TPSA) is 35.9 Å².